The van der Waals surface area contributed by atoms with Crippen LogP contribution in [-0.4, -0.2) is 54.7 Å². The van der Waals surface area contributed by atoms with Crippen molar-refractivity contribution >= 4 is 18.0 Å². The number of nitrogens with one attached hydrogen (secondary N) is 1. The standard InChI is InChI=1S/C13H24N2O5/c1-10(6-4-7-11(16)17)14-13(19)15(2)9-5-8-12(18)20-3/h10H,4-9H2,1-3H3,(H,14,19)(H,16,17). The molecule has 0 rings (SSSR count). The lowest BCUT2D eigenvalue weighted by molar-refractivity contribution is -0.141. The molecule has 0 aliphatic heterocycles. The first-order valence-electron chi connectivity index (χ1n) is 6.67. The number of carboxylic acids is 1. The number of amides is 2. The molecule has 0 aliphatic carbocycles. The monoisotopic (exact) mass is 288 g/mol. The molecule has 0 spiro atoms. The highest BCUT2D eigenvalue weighted by Crippen LogP contribution is 2.02. The zero-order valence-corrected chi connectivity index (χ0v) is 12.3. The highest BCUT2D eigenvalue weighted by atomic mass is 16.5. The van der Waals surface area contributed by atoms with Crippen molar-refractivity contribution in [1.29, 1.82) is 0 Å². The molecule has 0 radical (unpaired) electrons. The SMILES string of the molecule is COC(=O)CCCN(C)C(=O)NC(C)CCCC(=O)O. The minimum Gasteiger partial charge on any atom is -0.481 e. The number of aliphatic carboxylic acids is 1. The number of carbonyl (C=O) groups excluding carboxylic acids is 2. The Bertz CT molecular complexity index is 333. The first kappa shape index (κ1) is 18.2. The number of carboxylic acid groups (broad SMARTS) is 1. The minimum absolute atomic E-state index is 0.0788. The van der Waals surface area contributed by atoms with Gasteiger partial charge in [0.2, 0.25) is 0 Å². The van der Waals surface area contributed by atoms with Crippen molar-refractivity contribution in [2.24, 2.45) is 0 Å². The van der Waals surface area contributed by atoms with Gasteiger partial charge in [0.1, 0.15) is 0 Å². The summed E-state index contributed by atoms with van der Waals surface area (Å²) in [6.07, 6.45) is 2.08. The topological polar surface area (TPSA) is 95.9 Å². The summed E-state index contributed by atoms with van der Waals surface area (Å²) in [6, 6.07) is -0.303. The van der Waals surface area contributed by atoms with Gasteiger partial charge in [0, 0.05) is 32.5 Å². The fraction of sp³-hybridized carbons (Fsp3) is 0.769. The van der Waals surface area contributed by atoms with Gasteiger partial charge in [-0.15, -0.1) is 0 Å². The Kier molecular flexibility index (Phi) is 9.15. The van der Waals surface area contributed by atoms with E-state index in [-0.39, 0.29) is 30.9 Å². The van der Waals surface area contributed by atoms with Crippen molar-refractivity contribution in [2.45, 2.75) is 45.1 Å². The average Bonchev–Trinajstić information content (AvgIpc) is 2.37. The molecule has 7 heteroatoms. The quantitative estimate of drug-likeness (QED) is 0.622. The molecule has 1 atom stereocenters. The summed E-state index contributed by atoms with van der Waals surface area (Å²) in [5.41, 5.74) is 0. The molecular weight excluding hydrogens is 264 g/mol. The second-order valence-corrected chi connectivity index (χ2v) is 4.74. The van der Waals surface area contributed by atoms with E-state index in [1.54, 1.807) is 7.05 Å². The van der Waals surface area contributed by atoms with Gasteiger partial charge in [-0.1, -0.05) is 0 Å². The van der Waals surface area contributed by atoms with Crippen LogP contribution in [0.5, 0.6) is 0 Å². The van der Waals surface area contributed by atoms with E-state index in [0.717, 1.165) is 0 Å². The molecule has 0 fully saturated rings. The molecule has 0 aromatic heterocycles. The molecule has 2 N–H and O–H groups in total. The number of hydrogen-bond donors (Lipinski definition) is 2. The Morgan fingerprint density at radius 1 is 1.25 bits per heavy atom. The van der Waals surface area contributed by atoms with Crippen molar-refractivity contribution in [3.8, 4) is 0 Å². The molecule has 0 aromatic rings. The third kappa shape index (κ3) is 9.18. The lowest BCUT2D eigenvalue weighted by Crippen LogP contribution is -2.42. The van der Waals surface area contributed by atoms with E-state index in [9.17, 15) is 14.4 Å². The van der Waals surface area contributed by atoms with Crippen LogP contribution in [0.2, 0.25) is 0 Å². The molecule has 7 nitrogen and oxygen atoms in total. The predicted octanol–water partition coefficient (Wildman–Crippen LogP) is 1.22. The Hall–Kier alpha value is -1.79. The molecular formula is C13H24N2O5. The number of urea groups is 1. The number of nitrogens with zero attached hydrogens (tertiary/aromatic N) is 1. The van der Waals surface area contributed by atoms with Crippen molar-refractivity contribution in [2.75, 3.05) is 20.7 Å². The van der Waals surface area contributed by atoms with E-state index in [1.165, 1.54) is 12.0 Å². The Balaban J connectivity index is 3.82. The van der Waals surface area contributed by atoms with Crippen LogP contribution in [-0.2, 0) is 14.3 Å². The van der Waals surface area contributed by atoms with E-state index >= 15 is 0 Å². The van der Waals surface area contributed by atoms with Gasteiger partial charge in [0.15, 0.2) is 0 Å². The summed E-state index contributed by atoms with van der Waals surface area (Å²) in [7, 11) is 2.98. The second kappa shape index (κ2) is 10.1. The average molecular weight is 288 g/mol. The van der Waals surface area contributed by atoms with Crippen molar-refractivity contribution < 1.29 is 24.2 Å². The normalized spacial score (nSPS) is 11.6. The molecule has 116 valence electrons. The number of hydrogen-bond acceptors (Lipinski definition) is 4. The van der Waals surface area contributed by atoms with Crippen LogP contribution in [0, 0.1) is 0 Å². The number of esters is 1. The summed E-state index contributed by atoms with van der Waals surface area (Å²) >= 11 is 0. The van der Waals surface area contributed by atoms with Crippen LogP contribution in [0.15, 0.2) is 0 Å². The Morgan fingerprint density at radius 3 is 2.45 bits per heavy atom. The highest BCUT2D eigenvalue weighted by Gasteiger charge is 2.12. The zero-order chi connectivity index (χ0) is 15.5. The van der Waals surface area contributed by atoms with Gasteiger partial charge in [-0.25, -0.2) is 4.79 Å². The molecule has 2 amide bonds. The number of carbonyl (C=O) groups is 3. The van der Waals surface area contributed by atoms with Gasteiger partial charge >= 0.3 is 18.0 Å². The molecule has 0 aromatic carbocycles. The van der Waals surface area contributed by atoms with E-state index in [2.05, 4.69) is 10.1 Å². The summed E-state index contributed by atoms with van der Waals surface area (Å²) in [4.78, 5) is 34.6. The van der Waals surface area contributed by atoms with E-state index < -0.39 is 5.97 Å². The molecule has 1 unspecified atom stereocenters. The lowest BCUT2D eigenvalue weighted by Gasteiger charge is -2.21. The molecule has 0 saturated carbocycles. The van der Waals surface area contributed by atoms with E-state index in [0.29, 0.717) is 25.8 Å². The number of methoxy groups -OCH3 is 1. The van der Waals surface area contributed by atoms with Crippen molar-refractivity contribution in [3.63, 3.8) is 0 Å². The minimum atomic E-state index is -0.830. The fourth-order valence-electron chi connectivity index (χ4n) is 1.62. The van der Waals surface area contributed by atoms with Gasteiger partial charge in [-0.2, -0.15) is 0 Å². The third-order valence-electron chi connectivity index (χ3n) is 2.85. The van der Waals surface area contributed by atoms with Crippen LogP contribution in [0.25, 0.3) is 0 Å². The van der Waals surface area contributed by atoms with Gasteiger partial charge in [-0.05, 0) is 26.2 Å². The molecule has 0 bridgehead atoms. The second-order valence-electron chi connectivity index (χ2n) is 4.74. The van der Waals surface area contributed by atoms with Gasteiger partial charge in [0.05, 0.1) is 7.11 Å². The lowest BCUT2D eigenvalue weighted by atomic mass is 10.1. The first-order valence-corrected chi connectivity index (χ1v) is 6.67. The maximum atomic E-state index is 11.8. The Labute approximate surface area is 119 Å². The van der Waals surface area contributed by atoms with Crippen LogP contribution < -0.4 is 5.32 Å². The molecule has 0 aliphatic rings. The summed E-state index contributed by atoms with van der Waals surface area (Å²) in [5.74, 6) is -1.12. The van der Waals surface area contributed by atoms with Crippen molar-refractivity contribution in [3.05, 3.63) is 0 Å². The van der Waals surface area contributed by atoms with Gasteiger partial charge in [0.25, 0.3) is 0 Å². The van der Waals surface area contributed by atoms with Crippen LogP contribution in [0.1, 0.15) is 39.0 Å². The Morgan fingerprint density at radius 2 is 1.90 bits per heavy atom. The first-order chi connectivity index (χ1) is 9.36. The summed E-state index contributed by atoms with van der Waals surface area (Å²) < 4.78 is 4.51. The molecule has 0 saturated heterocycles. The maximum absolute atomic E-state index is 11.8. The molecule has 20 heavy (non-hydrogen) atoms. The van der Waals surface area contributed by atoms with Crippen LogP contribution >= 0.6 is 0 Å². The largest absolute Gasteiger partial charge is 0.481 e. The summed E-state index contributed by atoms with van der Waals surface area (Å²) in [5, 5.41) is 11.3. The predicted molar refractivity (Wildman–Crippen MR) is 73.4 cm³/mol. The number of rotatable bonds is 9. The van der Waals surface area contributed by atoms with Gasteiger partial charge < -0.3 is 20.1 Å². The number of ether oxygens (including phenoxy) is 1. The maximum Gasteiger partial charge on any atom is 0.317 e. The smallest absolute Gasteiger partial charge is 0.317 e. The van der Waals surface area contributed by atoms with E-state index in [4.69, 9.17) is 5.11 Å². The molecule has 0 heterocycles. The van der Waals surface area contributed by atoms with Crippen molar-refractivity contribution in [1.82, 2.24) is 10.2 Å². The van der Waals surface area contributed by atoms with E-state index in [1.807, 2.05) is 6.92 Å². The highest BCUT2D eigenvalue weighted by molar-refractivity contribution is 5.74. The third-order valence-corrected chi connectivity index (χ3v) is 2.85. The fourth-order valence-corrected chi connectivity index (χ4v) is 1.62. The van der Waals surface area contributed by atoms with Gasteiger partial charge in [-0.3, -0.25) is 9.59 Å². The zero-order valence-electron chi connectivity index (χ0n) is 12.3. The summed E-state index contributed by atoms with van der Waals surface area (Å²) in [6.45, 7) is 2.30. The van der Waals surface area contributed by atoms with Crippen LogP contribution in [0.4, 0.5) is 4.79 Å². The van der Waals surface area contributed by atoms with Crippen LogP contribution in [0.3, 0.4) is 0 Å².